The molecular weight excluding hydrogens is 316 g/mol. The predicted octanol–water partition coefficient (Wildman–Crippen LogP) is -1.34. The second-order valence-electron chi connectivity index (χ2n) is 5.70. The van der Waals surface area contributed by atoms with E-state index < -0.39 is 0 Å². The van der Waals surface area contributed by atoms with Crippen molar-refractivity contribution in [1.29, 1.82) is 0 Å². The number of fused-ring (bicyclic) bond motifs is 1. The van der Waals surface area contributed by atoms with Crippen LogP contribution in [0.15, 0.2) is 9.59 Å². The number of amides is 1. The van der Waals surface area contributed by atoms with Crippen molar-refractivity contribution in [2.75, 3.05) is 37.7 Å². The molecule has 0 unspecified atom stereocenters. The Morgan fingerprint density at radius 2 is 1.83 bits per heavy atom. The maximum atomic E-state index is 12.2. The first kappa shape index (κ1) is 16.1. The first-order chi connectivity index (χ1) is 11.4. The Hall–Kier alpha value is -2.78. The lowest BCUT2D eigenvalue weighted by molar-refractivity contribution is -0.335. The van der Waals surface area contributed by atoms with Gasteiger partial charge in [-0.25, -0.2) is 19.1 Å². The zero-order chi connectivity index (χ0) is 17.4. The average molecular weight is 337 g/mol. The Kier molecular flexibility index (Phi) is 4.04. The van der Waals surface area contributed by atoms with Crippen LogP contribution in [0.4, 0.5) is 10.7 Å². The third kappa shape index (κ3) is 2.53. The van der Waals surface area contributed by atoms with E-state index in [0.717, 1.165) is 4.57 Å². The summed E-state index contributed by atoms with van der Waals surface area (Å²) in [6.07, 6.45) is -0.311. The van der Waals surface area contributed by atoms with Crippen molar-refractivity contribution in [3.8, 4) is 0 Å². The van der Waals surface area contributed by atoms with Gasteiger partial charge in [0.15, 0.2) is 0 Å². The molecule has 2 N–H and O–H groups in total. The van der Waals surface area contributed by atoms with Crippen LogP contribution in [0.5, 0.6) is 0 Å². The molecule has 2 aromatic rings. The zero-order valence-electron chi connectivity index (χ0n) is 14.0. The molecule has 1 fully saturated rings. The van der Waals surface area contributed by atoms with E-state index in [-0.39, 0.29) is 17.3 Å². The van der Waals surface area contributed by atoms with Crippen LogP contribution >= 0.6 is 0 Å². The Balaban J connectivity index is 1.86. The van der Waals surface area contributed by atoms with Crippen molar-refractivity contribution in [2.24, 2.45) is 14.1 Å². The van der Waals surface area contributed by atoms with E-state index in [4.69, 9.17) is 4.74 Å². The number of imidazole rings is 1. The molecule has 0 aliphatic carbocycles. The molecular formula is C14H21N6O4+. The van der Waals surface area contributed by atoms with Crippen LogP contribution in [0.3, 0.4) is 0 Å². The fraction of sp³-hybridized carbons (Fsp3) is 0.571. The van der Waals surface area contributed by atoms with Crippen LogP contribution in [0, 0.1) is 0 Å². The molecule has 3 heterocycles. The van der Waals surface area contributed by atoms with Crippen LogP contribution in [0.1, 0.15) is 6.92 Å². The van der Waals surface area contributed by atoms with Crippen molar-refractivity contribution in [1.82, 2.24) is 19.0 Å². The summed E-state index contributed by atoms with van der Waals surface area (Å²) in [6, 6.07) is 0. The van der Waals surface area contributed by atoms with E-state index in [1.807, 2.05) is 4.90 Å². The SMILES string of the molecule is CCOC(=O)N1CCN(c2[nH]c3c(=O)n(C)c(=O)n(C)c3[nH+]2)CC1. The summed E-state index contributed by atoms with van der Waals surface area (Å²) < 4.78 is 7.46. The Morgan fingerprint density at radius 3 is 2.46 bits per heavy atom. The molecule has 0 aromatic carbocycles. The molecule has 1 aliphatic rings. The van der Waals surface area contributed by atoms with Crippen molar-refractivity contribution in [3.05, 3.63) is 20.8 Å². The van der Waals surface area contributed by atoms with Gasteiger partial charge in [0, 0.05) is 7.05 Å². The molecule has 0 radical (unpaired) electrons. The lowest BCUT2D eigenvalue weighted by atomic mass is 10.3. The van der Waals surface area contributed by atoms with E-state index in [1.165, 1.54) is 11.6 Å². The minimum absolute atomic E-state index is 0.311. The number of aromatic nitrogens is 4. The number of hydrogen-bond acceptors (Lipinski definition) is 5. The highest BCUT2D eigenvalue weighted by Gasteiger charge is 2.28. The quantitative estimate of drug-likeness (QED) is 0.730. The predicted molar refractivity (Wildman–Crippen MR) is 86.1 cm³/mol. The van der Waals surface area contributed by atoms with Gasteiger partial charge in [-0.05, 0) is 6.92 Å². The Bertz CT molecular complexity index is 887. The number of H-pyrrole nitrogens is 2. The van der Waals surface area contributed by atoms with Gasteiger partial charge < -0.3 is 9.64 Å². The van der Waals surface area contributed by atoms with E-state index in [1.54, 1.807) is 18.9 Å². The number of carbonyl (C=O) groups is 1. The third-order valence-corrected chi connectivity index (χ3v) is 4.27. The first-order valence-electron chi connectivity index (χ1n) is 7.81. The van der Waals surface area contributed by atoms with E-state index >= 15 is 0 Å². The molecule has 1 aliphatic heterocycles. The van der Waals surface area contributed by atoms with Gasteiger partial charge in [-0.3, -0.25) is 19.2 Å². The summed E-state index contributed by atoms with van der Waals surface area (Å²) in [7, 11) is 3.06. The highest BCUT2D eigenvalue weighted by molar-refractivity contribution is 5.69. The number of aromatic amines is 2. The summed E-state index contributed by atoms with van der Waals surface area (Å²) in [5.74, 6) is 0.645. The van der Waals surface area contributed by atoms with E-state index in [0.29, 0.717) is 49.9 Å². The number of ether oxygens (including phenoxy) is 1. The third-order valence-electron chi connectivity index (χ3n) is 4.27. The largest absolute Gasteiger partial charge is 0.450 e. The maximum absolute atomic E-state index is 12.2. The van der Waals surface area contributed by atoms with Gasteiger partial charge in [0.05, 0.1) is 39.8 Å². The lowest BCUT2D eigenvalue weighted by Gasteiger charge is -2.31. The van der Waals surface area contributed by atoms with Crippen molar-refractivity contribution < 1.29 is 14.5 Å². The van der Waals surface area contributed by atoms with Crippen molar-refractivity contribution in [2.45, 2.75) is 6.92 Å². The molecule has 2 aromatic heterocycles. The van der Waals surface area contributed by atoms with Gasteiger partial charge in [0.1, 0.15) is 0 Å². The van der Waals surface area contributed by atoms with Gasteiger partial charge >= 0.3 is 17.7 Å². The number of piperazine rings is 1. The monoisotopic (exact) mass is 337 g/mol. The number of nitrogens with zero attached hydrogens (tertiary/aromatic N) is 4. The molecule has 10 heteroatoms. The molecule has 0 saturated carbocycles. The van der Waals surface area contributed by atoms with Gasteiger partial charge in [0.2, 0.25) is 11.2 Å². The molecule has 0 bridgehead atoms. The highest BCUT2D eigenvalue weighted by Crippen LogP contribution is 2.12. The minimum Gasteiger partial charge on any atom is -0.450 e. The zero-order valence-corrected chi connectivity index (χ0v) is 14.0. The maximum Gasteiger partial charge on any atom is 0.409 e. The van der Waals surface area contributed by atoms with Gasteiger partial charge in [-0.15, -0.1) is 0 Å². The normalized spacial score (nSPS) is 15.1. The number of carbonyl (C=O) groups excluding carboxylic acids is 1. The van der Waals surface area contributed by atoms with Crippen LogP contribution in [-0.2, 0) is 18.8 Å². The van der Waals surface area contributed by atoms with Gasteiger partial charge in [-0.1, -0.05) is 0 Å². The molecule has 3 rings (SSSR count). The lowest BCUT2D eigenvalue weighted by Crippen LogP contribution is -2.50. The topological polar surface area (TPSA) is 107 Å². The van der Waals surface area contributed by atoms with Gasteiger partial charge in [-0.2, -0.15) is 0 Å². The standard InChI is InChI=1S/C14H20N6O4/c1-4-24-14(23)20-7-5-19(6-8-20)12-15-9-10(16-12)17(2)13(22)18(3)11(9)21/h4-8H2,1-3H3,(H,15,16)/p+1. The van der Waals surface area contributed by atoms with E-state index in [9.17, 15) is 14.4 Å². The fourth-order valence-corrected chi connectivity index (χ4v) is 2.85. The molecule has 10 nitrogen and oxygen atoms in total. The first-order valence-corrected chi connectivity index (χ1v) is 7.81. The fourth-order valence-electron chi connectivity index (χ4n) is 2.85. The van der Waals surface area contributed by atoms with Crippen LogP contribution in [0.25, 0.3) is 11.2 Å². The van der Waals surface area contributed by atoms with Crippen molar-refractivity contribution >= 4 is 23.2 Å². The molecule has 1 saturated heterocycles. The molecule has 1 amide bonds. The number of anilines is 1. The second kappa shape index (κ2) is 6.02. The average Bonchev–Trinajstić information content (AvgIpc) is 3.04. The minimum atomic E-state index is -0.388. The summed E-state index contributed by atoms with van der Waals surface area (Å²) in [5.41, 5.74) is 0.0375. The van der Waals surface area contributed by atoms with E-state index in [2.05, 4.69) is 9.97 Å². The van der Waals surface area contributed by atoms with Crippen molar-refractivity contribution in [3.63, 3.8) is 0 Å². The van der Waals surface area contributed by atoms with Gasteiger partial charge in [0.25, 0.3) is 5.56 Å². The molecule has 24 heavy (non-hydrogen) atoms. The molecule has 130 valence electrons. The van der Waals surface area contributed by atoms with Crippen LogP contribution in [0.2, 0.25) is 0 Å². The molecule has 0 spiro atoms. The second-order valence-corrected chi connectivity index (χ2v) is 5.70. The smallest absolute Gasteiger partial charge is 0.409 e. The van der Waals surface area contributed by atoms with Crippen LogP contribution < -0.4 is 21.1 Å². The summed E-state index contributed by atoms with van der Waals surface area (Å²) in [4.78, 5) is 45.7. The Labute approximate surface area is 137 Å². The number of rotatable bonds is 2. The number of nitrogens with one attached hydrogen (secondary N) is 2. The summed E-state index contributed by atoms with van der Waals surface area (Å²) in [6.45, 7) is 4.37. The summed E-state index contributed by atoms with van der Waals surface area (Å²) in [5, 5.41) is 0. The number of aryl methyl sites for hydroxylation is 1. The number of hydrogen-bond donors (Lipinski definition) is 1. The van der Waals surface area contributed by atoms with Crippen LogP contribution in [-0.4, -0.2) is 57.9 Å². The molecule has 0 atom stereocenters. The Morgan fingerprint density at radius 1 is 1.17 bits per heavy atom. The highest BCUT2D eigenvalue weighted by atomic mass is 16.6. The summed E-state index contributed by atoms with van der Waals surface area (Å²) >= 11 is 0.